The number of aromatic amines is 1. The van der Waals surface area contributed by atoms with Crippen molar-refractivity contribution in [3.05, 3.63) is 47.7 Å². The Hall–Kier alpha value is -1.50. The quantitative estimate of drug-likeness (QED) is 0.761. The molecule has 0 amide bonds. The molecule has 18 heavy (non-hydrogen) atoms. The van der Waals surface area contributed by atoms with Crippen molar-refractivity contribution in [1.29, 1.82) is 0 Å². The molecule has 0 aliphatic rings. The van der Waals surface area contributed by atoms with Gasteiger partial charge in [-0.25, -0.2) is 0 Å². The van der Waals surface area contributed by atoms with E-state index in [1.54, 1.807) is 0 Å². The van der Waals surface area contributed by atoms with Gasteiger partial charge in [-0.1, -0.05) is 52.0 Å². The minimum Gasteiger partial charge on any atom is -0.358 e. The Balaban J connectivity index is 0.000000771. The van der Waals surface area contributed by atoms with Crippen LogP contribution in [-0.4, -0.2) is 4.98 Å². The molecule has 1 nitrogen and oxygen atoms in total. The fourth-order valence-electron chi connectivity index (χ4n) is 2.03. The second kappa shape index (κ2) is 7.05. The second-order valence-corrected chi connectivity index (χ2v) is 4.81. The lowest BCUT2D eigenvalue weighted by Crippen LogP contribution is -1.94. The first kappa shape index (κ1) is 14.6. The van der Waals surface area contributed by atoms with Crippen LogP contribution < -0.4 is 0 Å². The van der Waals surface area contributed by atoms with Gasteiger partial charge in [-0.15, -0.1) is 0 Å². The summed E-state index contributed by atoms with van der Waals surface area (Å²) in [6.07, 6.45) is 1.12. The average molecular weight is 243 g/mol. The Bertz CT molecular complexity index is 466. The van der Waals surface area contributed by atoms with Crippen molar-refractivity contribution in [1.82, 2.24) is 4.98 Å². The summed E-state index contributed by atoms with van der Waals surface area (Å²) < 4.78 is 0. The van der Waals surface area contributed by atoms with Crippen LogP contribution >= 0.6 is 0 Å². The highest BCUT2D eigenvalue weighted by Gasteiger charge is 2.05. The SMILES string of the molecule is CC.Cc1ccccc1-c1ccc(CC(C)C)[nH]1. The molecule has 1 heteroatoms. The summed E-state index contributed by atoms with van der Waals surface area (Å²) in [4.78, 5) is 3.50. The number of nitrogens with one attached hydrogen (secondary N) is 1. The van der Waals surface area contributed by atoms with Crippen LogP contribution in [0.1, 0.15) is 39.0 Å². The van der Waals surface area contributed by atoms with Gasteiger partial charge in [-0.3, -0.25) is 0 Å². The van der Waals surface area contributed by atoms with Crippen molar-refractivity contribution in [2.24, 2.45) is 5.92 Å². The molecule has 0 unspecified atom stereocenters. The molecule has 0 aliphatic heterocycles. The van der Waals surface area contributed by atoms with E-state index in [-0.39, 0.29) is 0 Å². The molecule has 98 valence electrons. The Morgan fingerprint density at radius 1 is 1.00 bits per heavy atom. The molecule has 0 fully saturated rings. The topological polar surface area (TPSA) is 15.8 Å². The molecule has 1 aromatic carbocycles. The molecule has 0 bridgehead atoms. The van der Waals surface area contributed by atoms with Crippen molar-refractivity contribution in [2.45, 2.75) is 41.0 Å². The fraction of sp³-hybridized carbons (Fsp3) is 0.412. The van der Waals surface area contributed by atoms with E-state index in [0.29, 0.717) is 5.92 Å². The maximum absolute atomic E-state index is 3.50. The van der Waals surface area contributed by atoms with Gasteiger partial charge in [-0.2, -0.15) is 0 Å². The second-order valence-electron chi connectivity index (χ2n) is 4.81. The summed E-state index contributed by atoms with van der Waals surface area (Å²) in [5, 5.41) is 0. The lowest BCUT2D eigenvalue weighted by Gasteiger charge is -2.04. The zero-order valence-electron chi connectivity index (χ0n) is 12.2. The first-order valence-electron chi connectivity index (χ1n) is 6.90. The van der Waals surface area contributed by atoms with E-state index in [1.807, 2.05) is 13.8 Å². The maximum Gasteiger partial charge on any atom is 0.0458 e. The van der Waals surface area contributed by atoms with Crippen molar-refractivity contribution in [3.8, 4) is 11.3 Å². The van der Waals surface area contributed by atoms with Crippen LogP contribution in [0.3, 0.4) is 0 Å². The van der Waals surface area contributed by atoms with Crippen molar-refractivity contribution < 1.29 is 0 Å². The molecule has 2 aromatic rings. The Kier molecular flexibility index (Phi) is 5.70. The van der Waals surface area contributed by atoms with Gasteiger partial charge < -0.3 is 4.98 Å². The molecule has 0 aliphatic carbocycles. The van der Waals surface area contributed by atoms with E-state index < -0.39 is 0 Å². The number of hydrogen-bond donors (Lipinski definition) is 1. The molecule has 1 heterocycles. The average Bonchev–Trinajstić information content (AvgIpc) is 2.79. The Labute approximate surface area is 111 Å². The van der Waals surface area contributed by atoms with E-state index in [4.69, 9.17) is 0 Å². The van der Waals surface area contributed by atoms with E-state index in [2.05, 4.69) is 62.2 Å². The molecule has 1 N–H and O–H groups in total. The third kappa shape index (κ3) is 3.76. The molecule has 1 aromatic heterocycles. The third-order valence-corrected chi connectivity index (χ3v) is 2.81. The maximum atomic E-state index is 3.50. The number of rotatable bonds is 3. The predicted molar refractivity (Wildman–Crippen MR) is 80.9 cm³/mol. The van der Waals surface area contributed by atoms with Crippen LogP contribution in [0, 0.1) is 12.8 Å². The van der Waals surface area contributed by atoms with Gasteiger partial charge >= 0.3 is 0 Å². The summed E-state index contributed by atoms with van der Waals surface area (Å²) in [6.45, 7) is 10.6. The van der Waals surface area contributed by atoms with Crippen LogP contribution in [-0.2, 0) is 6.42 Å². The highest BCUT2D eigenvalue weighted by molar-refractivity contribution is 5.63. The van der Waals surface area contributed by atoms with Crippen LogP contribution in [0.25, 0.3) is 11.3 Å². The van der Waals surface area contributed by atoms with Crippen molar-refractivity contribution in [2.75, 3.05) is 0 Å². The van der Waals surface area contributed by atoms with E-state index >= 15 is 0 Å². The lowest BCUT2D eigenvalue weighted by molar-refractivity contribution is 0.638. The van der Waals surface area contributed by atoms with Crippen LogP contribution in [0.15, 0.2) is 36.4 Å². The molecule has 0 radical (unpaired) electrons. The van der Waals surface area contributed by atoms with Gasteiger partial charge in [0.15, 0.2) is 0 Å². The van der Waals surface area contributed by atoms with Gasteiger partial charge in [-0.05, 0) is 37.0 Å². The summed E-state index contributed by atoms with van der Waals surface area (Å²) >= 11 is 0. The monoisotopic (exact) mass is 243 g/mol. The number of hydrogen-bond acceptors (Lipinski definition) is 0. The van der Waals surface area contributed by atoms with Crippen molar-refractivity contribution in [3.63, 3.8) is 0 Å². The van der Waals surface area contributed by atoms with Gasteiger partial charge in [0.05, 0.1) is 0 Å². The number of H-pyrrole nitrogens is 1. The molecule has 0 saturated carbocycles. The molecular weight excluding hydrogens is 218 g/mol. The van der Waals surface area contributed by atoms with E-state index in [1.165, 1.54) is 22.5 Å². The minimum atomic E-state index is 0.698. The highest BCUT2D eigenvalue weighted by atomic mass is 14.7. The zero-order chi connectivity index (χ0) is 13.5. The molecule has 0 atom stereocenters. The summed E-state index contributed by atoms with van der Waals surface area (Å²) in [5.74, 6) is 0.698. The van der Waals surface area contributed by atoms with Gasteiger partial charge in [0.1, 0.15) is 0 Å². The van der Waals surface area contributed by atoms with Gasteiger partial charge in [0, 0.05) is 17.0 Å². The van der Waals surface area contributed by atoms with Crippen molar-refractivity contribution >= 4 is 0 Å². The third-order valence-electron chi connectivity index (χ3n) is 2.81. The van der Waals surface area contributed by atoms with E-state index in [9.17, 15) is 0 Å². The van der Waals surface area contributed by atoms with Crippen LogP contribution in [0.4, 0.5) is 0 Å². The first-order valence-corrected chi connectivity index (χ1v) is 6.90. The standard InChI is InChI=1S/C15H19N.C2H6/c1-11(2)10-13-8-9-15(16-13)14-7-5-4-6-12(14)3;1-2/h4-9,11,16H,10H2,1-3H3;1-2H3. The van der Waals surface area contributed by atoms with Crippen LogP contribution in [0.5, 0.6) is 0 Å². The summed E-state index contributed by atoms with van der Waals surface area (Å²) in [6, 6.07) is 12.9. The normalized spacial score (nSPS) is 10.1. The minimum absolute atomic E-state index is 0.698. The zero-order valence-corrected chi connectivity index (χ0v) is 12.2. The molecule has 0 spiro atoms. The number of aromatic nitrogens is 1. The Morgan fingerprint density at radius 3 is 2.28 bits per heavy atom. The number of benzene rings is 1. The summed E-state index contributed by atoms with van der Waals surface area (Å²) in [5.41, 5.74) is 5.18. The van der Waals surface area contributed by atoms with Gasteiger partial charge in [0.2, 0.25) is 0 Å². The largest absolute Gasteiger partial charge is 0.358 e. The summed E-state index contributed by atoms with van der Waals surface area (Å²) in [7, 11) is 0. The molecular formula is C17H25N. The number of aryl methyl sites for hydroxylation is 1. The van der Waals surface area contributed by atoms with E-state index in [0.717, 1.165) is 6.42 Å². The lowest BCUT2D eigenvalue weighted by atomic mass is 10.1. The predicted octanol–water partition coefficient (Wildman–Crippen LogP) is 5.21. The van der Waals surface area contributed by atoms with Gasteiger partial charge in [0.25, 0.3) is 0 Å². The highest BCUT2D eigenvalue weighted by Crippen LogP contribution is 2.22. The molecule has 0 saturated heterocycles. The smallest absolute Gasteiger partial charge is 0.0458 e. The Morgan fingerprint density at radius 2 is 1.67 bits per heavy atom. The molecule has 2 rings (SSSR count). The van der Waals surface area contributed by atoms with Crippen LogP contribution in [0.2, 0.25) is 0 Å². The first-order chi connectivity index (χ1) is 8.66. The fourth-order valence-corrected chi connectivity index (χ4v) is 2.03.